The molecule has 0 aliphatic rings. The van der Waals surface area contributed by atoms with Crippen molar-refractivity contribution >= 4 is 16.7 Å². The summed E-state index contributed by atoms with van der Waals surface area (Å²) in [4.78, 5) is 15.6. The van der Waals surface area contributed by atoms with Crippen LogP contribution in [0.2, 0.25) is 0 Å². The number of ether oxygens (including phenoxy) is 1. The van der Waals surface area contributed by atoms with Gasteiger partial charge in [-0.25, -0.2) is 4.98 Å². The Bertz CT molecular complexity index is 520. The molecule has 0 atom stereocenters. The number of methoxy groups -OCH3 is 1. The lowest BCUT2D eigenvalue weighted by molar-refractivity contribution is 0.101. The minimum atomic E-state index is -0.0369. The molecule has 0 fully saturated rings. The maximum atomic E-state index is 11.3. The minimum absolute atomic E-state index is 0.0369. The van der Waals surface area contributed by atoms with Crippen LogP contribution in [-0.4, -0.2) is 17.9 Å². The Balaban J connectivity index is 2.74. The van der Waals surface area contributed by atoms with Crippen molar-refractivity contribution in [3.63, 3.8) is 0 Å². The summed E-state index contributed by atoms with van der Waals surface area (Å²) in [5, 5.41) is 0.948. The highest BCUT2D eigenvalue weighted by Crippen LogP contribution is 2.22. The number of nitrogens with zero attached hydrogens (tertiary/aromatic N) is 1. The Morgan fingerprint density at radius 1 is 1.33 bits per heavy atom. The Morgan fingerprint density at radius 2 is 2.07 bits per heavy atom. The van der Waals surface area contributed by atoms with Crippen LogP contribution >= 0.6 is 0 Å². The first-order valence-electron chi connectivity index (χ1n) is 4.67. The van der Waals surface area contributed by atoms with Crippen LogP contribution in [0.25, 0.3) is 10.9 Å². The van der Waals surface area contributed by atoms with Gasteiger partial charge in [0.1, 0.15) is 0 Å². The van der Waals surface area contributed by atoms with Crippen molar-refractivity contribution in [3.8, 4) is 5.88 Å². The molecule has 0 radical (unpaired) electrons. The van der Waals surface area contributed by atoms with Gasteiger partial charge in [0.05, 0.1) is 18.2 Å². The van der Waals surface area contributed by atoms with Crippen molar-refractivity contribution in [2.45, 2.75) is 6.92 Å². The Morgan fingerprint density at radius 3 is 2.73 bits per heavy atom. The molecule has 0 aliphatic heterocycles. The number of ketones is 1. The molecular weight excluding hydrogens is 190 g/mol. The predicted molar refractivity (Wildman–Crippen MR) is 58.3 cm³/mol. The van der Waals surface area contributed by atoms with E-state index in [4.69, 9.17) is 4.74 Å². The van der Waals surface area contributed by atoms with Gasteiger partial charge in [-0.15, -0.1) is 0 Å². The fraction of sp³-hybridized carbons (Fsp3) is 0.167. The molecule has 0 bridgehead atoms. The second-order valence-electron chi connectivity index (χ2n) is 3.29. The summed E-state index contributed by atoms with van der Waals surface area (Å²) in [5.74, 6) is 0.353. The van der Waals surface area contributed by atoms with Crippen molar-refractivity contribution in [3.05, 3.63) is 35.9 Å². The lowest BCUT2D eigenvalue weighted by Crippen LogP contribution is -2.00. The fourth-order valence-corrected chi connectivity index (χ4v) is 1.51. The second kappa shape index (κ2) is 3.69. The number of carbonyl (C=O) groups is 1. The summed E-state index contributed by atoms with van der Waals surface area (Å²) < 4.78 is 5.08. The van der Waals surface area contributed by atoms with Crippen molar-refractivity contribution < 1.29 is 9.53 Å². The van der Waals surface area contributed by atoms with Gasteiger partial charge in [0.25, 0.3) is 0 Å². The lowest BCUT2D eigenvalue weighted by atomic mass is 10.1. The van der Waals surface area contributed by atoms with Crippen molar-refractivity contribution in [2.24, 2.45) is 0 Å². The SMILES string of the molecule is COc1nc2ccccc2cc1C(C)=O. The average molecular weight is 201 g/mol. The third-order valence-corrected chi connectivity index (χ3v) is 2.26. The molecule has 2 rings (SSSR count). The van der Waals surface area contributed by atoms with Gasteiger partial charge in [0, 0.05) is 5.39 Å². The van der Waals surface area contributed by atoms with E-state index in [1.165, 1.54) is 14.0 Å². The lowest BCUT2D eigenvalue weighted by Gasteiger charge is -2.06. The topological polar surface area (TPSA) is 39.2 Å². The number of carbonyl (C=O) groups excluding carboxylic acids is 1. The molecule has 3 nitrogen and oxygen atoms in total. The largest absolute Gasteiger partial charge is 0.480 e. The van der Waals surface area contributed by atoms with Crippen LogP contribution in [0.4, 0.5) is 0 Å². The molecule has 0 spiro atoms. The summed E-state index contributed by atoms with van der Waals surface area (Å²) >= 11 is 0. The van der Waals surface area contributed by atoms with Gasteiger partial charge in [-0.1, -0.05) is 18.2 Å². The van der Waals surface area contributed by atoms with Gasteiger partial charge in [-0.05, 0) is 19.1 Å². The number of hydrogen-bond donors (Lipinski definition) is 0. The Labute approximate surface area is 87.7 Å². The quantitative estimate of drug-likeness (QED) is 0.700. The monoisotopic (exact) mass is 201 g/mol. The van der Waals surface area contributed by atoms with Gasteiger partial charge in [0.2, 0.25) is 5.88 Å². The summed E-state index contributed by atoms with van der Waals surface area (Å²) in [6.45, 7) is 1.51. The van der Waals surface area contributed by atoms with E-state index in [-0.39, 0.29) is 5.78 Å². The van der Waals surface area contributed by atoms with Crippen molar-refractivity contribution in [1.82, 2.24) is 4.98 Å². The number of rotatable bonds is 2. The summed E-state index contributed by atoms with van der Waals surface area (Å²) in [6.07, 6.45) is 0. The molecule has 1 aromatic carbocycles. The zero-order valence-corrected chi connectivity index (χ0v) is 8.65. The van der Waals surface area contributed by atoms with Gasteiger partial charge in [0.15, 0.2) is 5.78 Å². The van der Waals surface area contributed by atoms with Crippen LogP contribution in [0.3, 0.4) is 0 Å². The highest BCUT2D eigenvalue weighted by atomic mass is 16.5. The van der Waals surface area contributed by atoms with E-state index in [1.807, 2.05) is 30.3 Å². The van der Waals surface area contributed by atoms with Crippen LogP contribution < -0.4 is 4.74 Å². The van der Waals surface area contributed by atoms with E-state index >= 15 is 0 Å². The van der Waals surface area contributed by atoms with Crippen LogP contribution in [0.1, 0.15) is 17.3 Å². The third kappa shape index (κ3) is 1.68. The second-order valence-corrected chi connectivity index (χ2v) is 3.29. The van der Waals surface area contributed by atoms with Gasteiger partial charge in [-0.2, -0.15) is 0 Å². The maximum Gasteiger partial charge on any atom is 0.224 e. The normalized spacial score (nSPS) is 10.3. The number of para-hydroxylation sites is 1. The third-order valence-electron chi connectivity index (χ3n) is 2.26. The molecule has 76 valence electrons. The van der Waals surface area contributed by atoms with Gasteiger partial charge < -0.3 is 4.74 Å². The van der Waals surface area contributed by atoms with Crippen molar-refractivity contribution in [1.29, 1.82) is 0 Å². The molecule has 0 saturated carbocycles. The summed E-state index contributed by atoms with van der Waals surface area (Å²) in [5.41, 5.74) is 1.36. The molecule has 2 aromatic rings. The van der Waals surface area contributed by atoms with Crippen LogP contribution in [0, 0.1) is 0 Å². The molecule has 0 N–H and O–H groups in total. The number of pyridine rings is 1. The van der Waals surface area contributed by atoms with Crippen LogP contribution in [0.5, 0.6) is 5.88 Å². The first-order valence-corrected chi connectivity index (χ1v) is 4.67. The first kappa shape index (κ1) is 9.65. The number of fused-ring (bicyclic) bond motifs is 1. The van der Waals surface area contributed by atoms with E-state index in [0.29, 0.717) is 11.4 Å². The zero-order chi connectivity index (χ0) is 10.8. The number of aromatic nitrogens is 1. The minimum Gasteiger partial charge on any atom is -0.480 e. The average Bonchev–Trinajstić information content (AvgIpc) is 2.27. The summed E-state index contributed by atoms with van der Waals surface area (Å²) in [6, 6.07) is 9.45. The Hall–Kier alpha value is -1.90. The van der Waals surface area contributed by atoms with Crippen LogP contribution in [0.15, 0.2) is 30.3 Å². The highest BCUT2D eigenvalue weighted by molar-refractivity contribution is 5.99. The molecule has 15 heavy (non-hydrogen) atoms. The standard InChI is InChI=1S/C12H11NO2/c1-8(14)10-7-9-5-3-4-6-11(9)13-12(10)15-2/h3-7H,1-2H3. The summed E-state index contributed by atoms with van der Waals surface area (Å²) in [7, 11) is 1.52. The first-order chi connectivity index (χ1) is 7.22. The number of benzene rings is 1. The molecule has 0 aliphatic carbocycles. The van der Waals surface area contributed by atoms with E-state index in [9.17, 15) is 4.79 Å². The molecule has 1 heterocycles. The van der Waals surface area contributed by atoms with E-state index in [1.54, 1.807) is 0 Å². The predicted octanol–water partition coefficient (Wildman–Crippen LogP) is 2.45. The number of hydrogen-bond acceptors (Lipinski definition) is 3. The zero-order valence-electron chi connectivity index (χ0n) is 8.65. The molecule has 0 amide bonds. The number of Topliss-reactive ketones (excluding diaryl/α,β-unsaturated/α-hetero) is 1. The molecule has 0 saturated heterocycles. The van der Waals surface area contributed by atoms with Gasteiger partial charge in [-0.3, -0.25) is 4.79 Å². The Kier molecular flexibility index (Phi) is 2.37. The molecular formula is C12H11NO2. The van der Waals surface area contributed by atoms with Gasteiger partial charge >= 0.3 is 0 Å². The smallest absolute Gasteiger partial charge is 0.224 e. The molecule has 1 aromatic heterocycles. The maximum absolute atomic E-state index is 11.3. The van der Waals surface area contributed by atoms with E-state index in [0.717, 1.165) is 10.9 Å². The molecule has 0 unspecified atom stereocenters. The fourth-order valence-electron chi connectivity index (χ4n) is 1.51. The highest BCUT2D eigenvalue weighted by Gasteiger charge is 2.10. The van der Waals surface area contributed by atoms with Crippen molar-refractivity contribution in [2.75, 3.05) is 7.11 Å². The van der Waals surface area contributed by atoms with E-state index < -0.39 is 0 Å². The van der Waals surface area contributed by atoms with E-state index in [2.05, 4.69) is 4.98 Å². The van der Waals surface area contributed by atoms with Crippen LogP contribution in [-0.2, 0) is 0 Å². The molecule has 3 heteroatoms.